The van der Waals surface area contributed by atoms with E-state index in [0.717, 1.165) is 5.56 Å². The fourth-order valence-electron chi connectivity index (χ4n) is 2.20. The molecule has 0 heterocycles. The summed E-state index contributed by atoms with van der Waals surface area (Å²) < 4.78 is 0. The summed E-state index contributed by atoms with van der Waals surface area (Å²) in [6.07, 6.45) is 0.613. The molecule has 0 aromatic heterocycles. The van der Waals surface area contributed by atoms with Crippen LogP contribution < -0.4 is 5.32 Å². The first-order chi connectivity index (χ1) is 10.5. The number of carbonyl (C=O) groups is 1. The highest BCUT2D eigenvalue weighted by atomic mass is 35.5. The van der Waals surface area contributed by atoms with E-state index in [1.807, 2.05) is 37.3 Å². The fourth-order valence-corrected chi connectivity index (χ4v) is 2.37. The summed E-state index contributed by atoms with van der Waals surface area (Å²) in [6.45, 7) is 1.91. The minimum atomic E-state index is -0.527. The second-order valence-electron chi connectivity index (χ2n) is 4.78. The Morgan fingerprint density at radius 2 is 1.95 bits per heavy atom. The lowest BCUT2D eigenvalue weighted by Gasteiger charge is -2.16. The minimum Gasteiger partial charge on any atom is -0.324 e. The van der Waals surface area contributed by atoms with E-state index in [9.17, 15) is 14.9 Å². The van der Waals surface area contributed by atoms with Gasteiger partial charge in [0.1, 0.15) is 0 Å². The Morgan fingerprint density at radius 3 is 2.55 bits per heavy atom. The molecule has 0 spiro atoms. The number of halogens is 1. The number of anilines is 1. The maximum Gasteiger partial charge on any atom is 0.271 e. The Hall–Kier alpha value is -2.40. The van der Waals surface area contributed by atoms with Crippen LogP contribution in [0, 0.1) is 10.1 Å². The van der Waals surface area contributed by atoms with Crippen molar-refractivity contribution in [3.8, 4) is 0 Å². The molecule has 0 aliphatic carbocycles. The molecular formula is C16H15ClN2O3. The van der Waals surface area contributed by atoms with Gasteiger partial charge in [-0.15, -0.1) is 0 Å². The Labute approximate surface area is 133 Å². The van der Waals surface area contributed by atoms with Crippen molar-refractivity contribution in [1.29, 1.82) is 0 Å². The molecule has 2 aromatic rings. The zero-order valence-corrected chi connectivity index (χ0v) is 12.7. The minimum absolute atomic E-state index is 0.118. The molecule has 0 fully saturated rings. The van der Waals surface area contributed by atoms with Gasteiger partial charge in [0.25, 0.3) is 5.69 Å². The van der Waals surface area contributed by atoms with Crippen molar-refractivity contribution in [1.82, 2.24) is 0 Å². The van der Waals surface area contributed by atoms with E-state index < -0.39 is 4.92 Å². The van der Waals surface area contributed by atoms with E-state index in [1.54, 1.807) is 0 Å². The summed E-state index contributed by atoms with van der Waals surface area (Å²) in [5.74, 6) is -0.576. The van der Waals surface area contributed by atoms with E-state index in [2.05, 4.69) is 5.32 Å². The molecular weight excluding hydrogens is 304 g/mol. The molecule has 0 bridgehead atoms. The molecule has 1 N–H and O–H groups in total. The summed E-state index contributed by atoms with van der Waals surface area (Å²) in [7, 11) is 0. The summed E-state index contributed by atoms with van der Waals surface area (Å²) >= 11 is 6.00. The molecule has 0 saturated heterocycles. The zero-order valence-electron chi connectivity index (χ0n) is 12.0. The van der Waals surface area contributed by atoms with Crippen molar-refractivity contribution in [2.45, 2.75) is 19.3 Å². The molecule has 6 heteroatoms. The van der Waals surface area contributed by atoms with Gasteiger partial charge in [-0.1, -0.05) is 48.9 Å². The normalized spacial score (nSPS) is 11.7. The van der Waals surface area contributed by atoms with Crippen LogP contribution in [-0.2, 0) is 4.79 Å². The largest absolute Gasteiger partial charge is 0.324 e. The van der Waals surface area contributed by atoms with E-state index in [0.29, 0.717) is 6.42 Å². The molecule has 0 radical (unpaired) electrons. The molecule has 1 atom stereocenters. The van der Waals surface area contributed by atoms with Crippen molar-refractivity contribution < 1.29 is 9.72 Å². The topological polar surface area (TPSA) is 72.2 Å². The SMILES string of the molecule is CC[C@@H](C(=O)Nc1cc([N+](=O)[O-])ccc1Cl)c1ccccc1. The van der Waals surface area contributed by atoms with E-state index in [-0.39, 0.29) is 28.2 Å². The molecule has 1 amide bonds. The highest BCUT2D eigenvalue weighted by Crippen LogP contribution is 2.29. The lowest BCUT2D eigenvalue weighted by molar-refractivity contribution is -0.384. The van der Waals surface area contributed by atoms with Crippen LogP contribution in [0.2, 0.25) is 5.02 Å². The predicted molar refractivity (Wildman–Crippen MR) is 86.2 cm³/mol. The molecule has 0 unspecified atom stereocenters. The van der Waals surface area contributed by atoms with Gasteiger partial charge >= 0.3 is 0 Å². The first kappa shape index (κ1) is 16.0. The van der Waals surface area contributed by atoms with Crippen LogP contribution in [0.5, 0.6) is 0 Å². The standard InChI is InChI=1S/C16H15ClN2O3/c1-2-13(11-6-4-3-5-7-11)16(20)18-15-10-12(19(21)22)8-9-14(15)17/h3-10,13H,2H2,1H3,(H,18,20)/t13-/m1/s1. The lowest BCUT2D eigenvalue weighted by Crippen LogP contribution is -2.20. The van der Waals surface area contributed by atoms with Crippen molar-refractivity contribution in [2.24, 2.45) is 0 Å². The van der Waals surface area contributed by atoms with Crippen LogP contribution in [-0.4, -0.2) is 10.8 Å². The van der Waals surface area contributed by atoms with Crippen LogP contribution >= 0.6 is 11.6 Å². The maximum atomic E-state index is 12.4. The Balaban J connectivity index is 2.24. The molecule has 0 saturated carbocycles. The van der Waals surface area contributed by atoms with Crippen molar-refractivity contribution >= 4 is 28.9 Å². The van der Waals surface area contributed by atoms with Gasteiger partial charge in [-0.2, -0.15) is 0 Å². The van der Waals surface area contributed by atoms with Crippen molar-refractivity contribution in [2.75, 3.05) is 5.32 Å². The third-order valence-electron chi connectivity index (χ3n) is 3.35. The van der Waals surface area contributed by atoms with Gasteiger partial charge in [0.05, 0.1) is 21.6 Å². The average molecular weight is 319 g/mol. The first-order valence-corrected chi connectivity index (χ1v) is 7.20. The molecule has 0 aliphatic heterocycles. The summed E-state index contributed by atoms with van der Waals surface area (Å²) in [5, 5.41) is 13.8. The third kappa shape index (κ3) is 3.62. The maximum absolute atomic E-state index is 12.4. The summed E-state index contributed by atoms with van der Waals surface area (Å²) in [5.41, 5.74) is 1.02. The van der Waals surface area contributed by atoms with Crippen LogP contribution in [0.15, 0.2) is 48.5 Å². The molecule has 22 heavy (non-hydrogen) atoms. The number of nitrogens with zero attached hydrogens (tertiary/aromatic N) is 1. The van der Waals surface area contributed by atoms with Gasteiger partial charge < -0.3 is 5.32 Å². The Morgan fingerprint density at radius 1 is 1.27 bits per heavy atom. The number of nitro groups is 1. The van der Waals surface area contributed by atoms with Gasteiger partial charge in [-0.05, 0) is 18.1 Å². The number of benzene rings is 2. The van der Waals surface area contributed by atoms with Crippen LogP contribution in [0.4, 0.5) is 11.4 Å². The fraction of sp³-hybridized carbons (Fsp3) is 0.188. The first-order valence-electron chi connectivity index (χ1n) is 6.82. The second-order valence-corrected chi connectivity index (χ2v) is 5.19. The van der Waals surface area contributed by atoms with Crippen LogP contribution in [0.1, 0.15) is 24.8 Å². The molecule has 2 rings (SSSR count). The van der Waals surface area contributed by atoms with Crippen molar-refractivity contribution in [3.63, 3.8) is 0 Å². The number of nitrogens with one attached hydrogen (secondary N) is 1. The van der Waals surface area contributed by atoms with E-state index >= 15 is 0 Å². The molecule has 114 valence electrons. The van der Waals surface area contributed by atoms with Gasteiger partial charge in [-0.25, -0.2) is 0 Å². The highest BCUT2D eigenvalue weighted by molar-refractivity contribution is 6.33. The van der Waals surface area contributed by atoms with Crippen LogP contribution in [0.25, 0.3) is 0 Å². The quantitative estimate of drug-likeness (QED) is 0.656. The monoisotopic (exact) mass is 318 g/mol. The zero-order chi connectivity index (χ0) is 16.1. The predicted octanol–water partition coefficient (Wildman–Crippen LogP) is 4.38. The number of hydrogen-bond acceptors (Lipinski definition) is 3. The molecule has 2 aromatic carbocycles. The smallest absolute Gasteiger partial charge is 0.271 e. The Bertz CT molecular complexity index is 689. The number of non-ortho nitro benzene ring substituents is 1. The number of hydrogen-bond donors (Lipinski definition) is 1. The van der Waals surface area contributed by atoms with Crippen LogP contribution in [0.3, 0.4) is 0 Å². The highest BCUT2D eigenvalue weighted by Gasteiger charge is 2.20. The second kappa shape index (κ2) is 7.04. The van der Waals surface area contributed by atoms with E-state index in [4.69, 9.17) is 11.6 Å². The van der Waals surface area contributed by atoms with Gasteiger partial charge in [0.2, 0.25) is 5.91 Å². The van der Waals surface area contributed by atoms with Gasteiger partial charge in [0.15, 0.2) is 0 Å². The average Bonchev–Trinajstić information content (AvgIpc) is 2.51. The Kier molecular flexibility index (Phi) is 5.12. The van der Waals surface area contributed by atoms with Gasteiger partial charge in [0, 0.05) is 12.1 Å². The van der Waals surface area contributed by atoms with Crippen molar-refractivity contribution in [3.05, 3.63) is 69.2 Å². The number of amides is 1. The number of nitro benzene ring substituents is 1. The third-order valence-corrected chi connectivity index (χ3v) is 3.67. The lowest BCUT2D eigenvalue weighted by atomic mass is 9.95. The van der Waals surface area contributed by atoms with Gasteiger partial charge in [-0.3, -0.25) is 14.9 Å². The number of rotatable bonds is 5. The number of carbonyl (C=O) groups excluding carboxylic acids is 1. The molecule has 0 aliphatic rings. The molecule has 5 nitrogen and oxygen atoms in total. The summed E-state index contributed by atoms with van der Waals surface area (Å²) in [6, 6.07) is 13.3. The van der Waals surface area contributed by atoms with E-state index in [1.165, 1.54) is 18.2 Å². The summed E-state index contributed by atoms with van der Waals surface area (Å²) in [4.78, 5) is 22.7.